The molecule has 2 heterocycles. The van der Waals surface area contributed by atoms with Crippen molar-refractivity contribution in [2.75, 3.05) is 13.1 Å². The lowest BCUT2D eigenvalue weighted by Crippen LogP contribution is -2.34. The van der Waals surface area contributed by atoms with E-state index in [1.165, 1.54) is 0 Å². The normalized spacial score (nSPS) is 14.7. The molecule has 0 radical (unpaired) electrons. The van der Waals surface area contributed by atoms with Crippen LogP contribution in [0.2, 0.25) is 0 Å². The summed E-state index contributed by atoms with van der Waals surface area (Å²) in [6.07, 6.45) is 0.810. The lowest BCUT2D eigenvalue weighted by molar-refractivity contribution is -0.138. The predicted molar refractivity (Wildman–Crippen MR) is 79.5 cm³/mol. The van der Waals surface area contributed by atoms with Crippen molar-refractivity contribution in [2.45, 2.75) is 19.6 Å². The fourth-order valence-electron chi connectivity index (χ4n) is 2.35. The van der Waals surface area contributed by atoms with Crippen LogP contribution in [-0.2, 0) is 24.4 Å². The minimum absolute atomic E-state index is 0.0905. The lowest BCUT2D eigenvalue weighted by Gasteiger charge is -2.23. The molecule has 0 saturated carbocycles. The molecule has 0 fully saturated rings. The molecule has 1 aliphatic rings. The fraction of sp³-hybridized carbons (Fsp3) is 0.333. The maximum absolute atomic E-state index is 10.8. The highest BCUT2D eigenvalue weighted by Crippen LogP contribution is 2.26. The number of fused-ring (bicyclic) bond motifs is 1. The maximum Gasteiger partial charge on any atom is 0.317 e. The standard InChI is InChI=1S/C15H16N2O3S/c18-15(19)9-17-7-6-12-13(8-17)21-14(16-12)10-20-11-4-2-1-3-5-11/h1-5H,6-10H2,(H,18,19). The Morgan fingerprint density at radius 1 is 1.38 bits per heavy atom. The van der Waals surface area contributed by atoms with E-state index in [9.17, 15) is 4.79 Å². The van der Waals surface area contributed by atoms with Crippen LogP contribution >= 0.6 is 11.3 Å². The van der Waals surface area contributed by atoms with Gasteiger partial charge in [0.1, 0.15) is 17.4 Å². The van der Waals surface area contributed by atoms with Crippen molar-refractivity contribution < 1.29 is 14.6 Å². The maximum atomic E-state index is 10.8. The first kappa shape index (κ1) is 14.0. The molecule has 0 saturated heterocycles. The van der Waals surface area contributed by atoms with Gasteiger partial charge in [-0.1, -0.05) is 18.2 Å². The molecule has 110 valence electrons. The number of thiazole rings is 1. The van der Waals surface area contributed by atoms with E-state index in [0.717, 1.165) is 34.3 Å². The molecule has 0 atom stereocenters. The second-order valence-electron chi connectivity index (χ2n) is 4.93. The van der Waals surface area contributed by atoms with Crippen molar-refractivity contribution in [3.8, 4) is 5.75 Å². The number of carboxylic acids is 1. The number of nitrogens with zero attached hydrogens (tertiary/aromatic N) is 2. The molecule has 1 N–H and O–H groups in total. The summed E-state index contributed by atoms with van der Waals surface area (Å²) in [4.78, 5) is 18.5. The minimum Gasteiger partial charge on any atom is -0.486 e. The first-order valence-corrected chi connectivity index (χ1v) is 7.62. The van der Waals surface area contributed by atoms with Crippen LogP contribution in [0.1, 0.15) is 15.6 Å². The molecular weight excluding hydrogens is 288 g/mol. The van der Waals surface area contributed by atoms with Gasteiger partial charge in [0.15, 0.2) is 0 Å². The molecule has 0 aliphatic carbocycles. The number of carboxylic acid groups (broad SMARTS) is 1. The molecular formula is C15H16N2O3S. The third-order valence-electron chi connectivity index (χ3n) is 3.32. The first-order chi connectivity index (χ1) is 10.2. The SMILES string of the molecule is O=C(O)CN1CCc2nc(COc3ccccc3)sc2C1. The third-order valence-corrected chi connectivity index (χ3v) is 4.37. The number of benzene rings is 1. The summed E-state index contributed by atoms with van der Waals surface area (Å²) in [5.41, 5.74) is 1.09. The fourth-order valence-corrected chi connectivity index (χ4v) is 3.42. The van der Waals surface area contributed by atoms with E-state index >= 15 is 0 Å². The van der Waals surface area contributed by atoms with Crippen LogP contribution in [0, 0.1) is 0 Å². The van der Waals surface area contributed by atoms with Crippen LogP contribution in [-0.4, -0.2) is 34.0 Å². The molecule has 5 nitrogen and oxygen atoms in total. The molecule has 0 unspecified atom stereocenters. The number of hydrogen-bond donors (Lipinski definition) is 1. The van der Waals surface area contributed by atoms with E-state index in [4.69, 9.17) is 9.84 Å². The van der Waals surface area contributed by atoms with Gasteiger partial charge in [-0.3, -0.25) is 9.69 Å². The Labute approximate surface area is 126 Å². The topological polar surface area (TPSA) is 62.7 Å². The monoisotopic (exact) mass is 304 g/mol. The van der Waals surface area contributed by atoms with E-state index in [0.29, 0.717) is 13.2 Å². The zero-order valence-corrected chi connectivity index (χ0v) is 12.3. The molecule has 0 bridgehead atoms. The quantitative estimate of drug-likeness (QED) is 0.917. The lowest BCUT2D eigenvalue weighted by atomic mass is 10.2. The van der Waals surface area contributed by atoms with Crippen molar-refractivity contribution in [1.29, 1.82) is 0 Å². The van der Waals surface area contributed by atoms with Gasteiger partial charge in [-0.05, 0) is 12.1 Å². The summed E-state index contributed by atoms with van der Waals surface area (Å²) in [5, 5.41) is 9.80. The van der Waals surface area contributed by atoms with Crippen LogP contribution in [0.15, 0.2) is 30.3 Å². The number of aliphatic carboxylic acids is 1. The Kier molecular flexibility index (Phi) is 4.17. The predicted octanol–water partition coefficient (Wildman–Crippen LogP) is 2.16. The molecule has 0 amide bonds. The summed E-state index contributed by atoms with van der Waals surface area (Å²) < 4.78 is 5.70. The smallest absolute Gasteiger partial charge is 0.317 e. The minimum atomic E-state index is -0.782. The Morgan fingerprint density at radius 3 is 2.95 bits per heavy atom. The summed E-state index contributed by atoms with van der Waals surface area (Å²) in [7, 11) is 0. The van der Waals surface area contributed by atoms with Gasteiger partial charge in [0, 0.05) is 24.4 Å². The highest BCUT2D eigenvalue weighted by Gasteiger charge is 2.22. The van der Waals surface area contributed by atoms with Crippen LogP contribution < -0.4 is 4.74 Å². The summed E-state index contributed by atoms with van der Waals surface area (Å²) in [5.74, 6) is 0.0498. The molecule has 1 aromatic carbocycles. The average Bonchev–Trinajstić information content (AvgIpc) is 2.88. The number of para-hydroxylation sites is 1. The van der Waals surface area contributed by atoms with Crippen LogP contribution in [0.25, 0.3) is 0 Å². The highest BCUT2D eigenvalue weighted by molar-refractivity contribution is 7.11. The first-order valence-electron chi connectivity index (χ1n) is 6.80. The Balaban J connectivity index is 1.62. The molecule has 0 spiro atoms. The second kappa shape index (κ2) is 6.24. The van der Waals surface area contributed by atoms with E-state index in [2.05, 4.69) is 4.98 Å². The number of carbonyl (C=O) groups is 1. The zero-order chi connectivity index (χ0) is 14.7. The largest absolute Gasteiger partial charge is 0.486 e. The van der Waals surface area contributed by atoms with Gasteiger partial charge in [0.2, 0.25) is 0 Å². The average molecular weight is 304 g/mol. The molecule has 21 heavy (non-hydrogen) atoms. The molecule has 1 aliphatic heterocycles. The van der Waals surface area contributed by atoms with E-state index in [1.54, 1.807) is 11.3 Å². The highest BCUT2D eigenvalue weighted by atomic mass is 32.1. The van der Waals surface area contributed by atoms with Crippen molar-refractivity contribution in [3.63, 3.8) is 0 Å². The Hall–Kier alpha value is -1.92. The van der Waals surface area contributed by atoms with Gasteiger partial charge in [0.25, 0.3) is 0 Å². The zero-order valence-electron chi connectivity index (χ0n) is 11.5. The Bertz CT molecular complexity index is 627. The summed E-state index contributed by atoms with van der Waals surface area (Å²) in [6.45, 7) is 1.97. The number of hydrogen-bond acceptors (Lipinski definition) is 5. The van der Waals surface area contributed by atoms with Crippen molar-refractivity contribution in [1.82, 2.24) is 9.88 Å². The number of aromatic nitrogens is 1. The van der Waals surface area contributed by atoms with Gasteiger partial charge >= 0.3 is 5.97 Å². The van der Waals surface area contributed by atoms with Crippen molar-refractivity contribution in [3.05, 3.63) is 45.9 Å². The van der Waals surface area contributed by atoms with Crippen LogP contribution in [0.3, 0.4) is 0 Å². The van der Waals surface area contributed by atoms with Gasteiger partial charge < -0.3 is 9.84 Å². The summed E-state index contributed by atoms with van der Waals surface area (Å²) in [6, 6.07) is 9.66. The van der Waals surface area contributed by atoms with Crippen molar-refractivity contribution in [2.24, 2.45) is 0 Å². The van der Waals surface area contributed by atoms with Gasteiger partial charge in [-0.2, -0.15) is 0 Å². The molecule has 6 heteroatoms. The number of rotatable bonds is 5. The third kappa shape index (κ3) is 3.59. The molecule has 2 aromatic rings. The number of ether oxygens (including phenoxy) is 1. The molecule has 1 aromatic heterocycles. The Morgan fingerprint density at radius 2 is 2.19 bits per heavy atom. The van der Waals surface area contributed by atoms with Gasteiger partial charge in [-0.15, -0.1) is 11.3 Å². The van der Waals surface area contributed by atoms with E-state index < -0.39 is 5.97 Å². The second-order valence-corrected chi connectivity index (χ2v) is 6.10. The van der Waals surface area contributed by atoms with E-state index in [1.807, 2.05) is 35.2 Å². The summed E-state index contributed by atoms with van der Waals surface area (Å²) >= 11 is 1.61. The van der Waals surface area contributed by atoms with Crippen LogP contribution in [0.5, 0.6) is 5.75 Å². The van der Waals surface area contributed by atoms with Crippen molar-refractivity contribution >= 4 is 17.3 Å². The van der Waals surface area contributed by atoms with Crippen LogP contribution in [0.4, 0.5) is 0 Å². The molecule has 3 rings (SSSR count). The van der Waals surface area contributed by atoms with Gasteiger partial charge in [-0.25, -0.2) is 4.98 Å². The van der Waals surface area contributed by atoms with Gasteiger partial charge in [0.05, 0.1) is 12.2 Å². The van der Waals surface area contributed by atoms with E-state index in [-0.39, 0.29) is 6.54 Å².